The van der Waals surface area contributed by atoms with E-state index in [2.05, 4.69) is 5.32 Å². The molecule has 0 fully saturated rings. The first kappa shape index (κ1) is 10.0. The molecule has 0 aromatic heterocycles. The van der Waals surface area contributed by atoms with Gasteiger partial charge in [-0.1, -0.05) is 12.1 Å². The molecule has 1 aromatic carbocycles. The van der Waals surface area contributed by atoms with E-state index in [1.807, 2.05) is 0 Å². The summed E-state index contributed by atoms with van der Waals surface area (Å²) in [5, 5.41) is 2.57. The quantitative estimate of drug-likeness (QED) is 0.765. The molecule has 0 spiro atoms. The Kier molecular flexibility index (Phi) is 2.17. The summed E-state index contributed by atoms with van der Waals surface area (Å²) in [6, 6.07) is 4.33. The van der Waals surface area contributed by atoms with Crippen molar-refractivity contribution in [1.82, 2.24) is 0 Å². The van der Waals surface area contributed by atoms with E-state index in [-0.39, 0.29) is 17.9 Å². The van der Waals surface area contributed by atoms with Crippen molar-refractivity contribution in [1.29, 1.82) is 0 Å². The number of amides is 1. The summed E-state index contributed by atoms with van der Waals surface area (Å²) in [5.41, 5.74) is 1.45. The highest BCUT2D eigenvalue weighted by atomic mass is 19.4. The predicted octanol–water partition coefficient (Wildman–Crippen LogP) is 2.29. The predicted molar refractivity (Wildman–Crippen MR) is 48.5 cm³/mol. The van der Waals surface area contributed by atoms with Crippen molar-refractivity contribution in [2.75, 3.05) is 5.32 Å². The third-order valence-corrected chi connectivity index (χ3v) is 2.20. The highest BCUT2D eigenvalue weighted by Crippen LogP contribution is 2.27. The second-order valence-electron chi connectivity index (χ2n) is 3.51. The van der Waals surface area contributed by atoms with Gasteiger partial charge in [-0.25, -0.2) is 0 Å². The lowest BCUT2D eigenvalue weighted by atomic mass is 10.1. The third-order valence-electron chi connectivity index (χ3n) is 2.20. The summed E-state index contributed by atoms with van der Waals surface area (Å²) >= 11 is 0. The van der Waals surface area contributed by atoms with Crippen LogP contribution in [0.1, 0.15) is 11.1 Å². The van der Waals surface area contributed by atoms with Gasteiger partial charge in [0.05, 0.1) is 12.8 Å². The molecule has 0 saturated heterocycles. The average molecular weight is 215 g/mol. The zero-order valence-corrected chi connectivity index (χ0v) is 7.69. The van der Waals surface area contributed by atoms with Crippen LogP contribution in [0, 0.1) is 0 Å². The SMILES string of the molecule is O=C1Cc2cc(CC(F)(F)F)ccc2N1. The average Bonchev–Trinajstić information content (AvgIpc) is 2.40. The van der Waals surface area contributed by atoms with Crippen LogP contribution < -0.4 is 5.32 Å². The molecular formula is C10H8F3NO. The van der Waals surface area contributed by atoms with Crippen molar-refractivity contribution in [3.8, 4) is 0 Å². The molecule has 2 rings (SSSR count). The Hall–Kier alpha value is -1.52. The molecule has 1 amide bonds. The maximum Gasteiger partial charge on any atom is 0.393 e. The Morgan fingerprint density at radius 3 is 2.73 bits per heavy atom. The Morgan fingerprint density at radius 2 is 2.07 bits per heavy atom. The van der Waals surface area contributed by atoms with Crippen molar-refractivity contribution in [3.63, 3.8) is 0 Å². The molecule has 2 nitrogen and oxygen atoms in total. The molecule has 1 aromatic rings. The highest BCUT2D eigenvalue weighted by Gasteiger charge is 2.28. The van der Waals surface area contributed by atoms with Gasteiger partial charge in [-0.15, -0.1) is 0 Å². The van der Waals surface area contributed by atoms with Crippen LogP contribution in [-0.2, 0) is 17.6 Å². The van der Waals surface area contributed by atoms with E-state index in [1.165, 1.54) is 18.2 Å². The van der Waals surface area contributed by atoms with E-state index >= 15 is 0 Å². The fraction of sp³-hybridized carbons (Fsp3) is 0.300. The lowest BCUT2D eigenvalue weighted by molar-refractivity contribution is -0.127. The second-order valence-corrected chi connectivity index (χ2v) is 3.51. The second kappa shape index (κ2) is 3.25. The number of anilines is 1. The number of halogens is 3. The van der Waals surface area contributed by atoms with Gasteiger partial charge in [0.2, 0.25) is 5.91 Å². The minimum absolute atomic E-state index is 0.168. The first-order chi connectivity index (χ1) is 6.94. The number of carbonyl (C=O) groups excluding carboxylic acids is 1. The summed E-state index contributed by atoms with van der Waals surface area (Å²) in [6.45, 7) is 0. The maximum absolute atomic E-state index is 12.1. The molecule has 0 aliphatic carbocycles. The van der Waals surface area contributed by atoms with E-state index in [1.54, 1.807) is 0 Å². The molecule has 0 unspecified atom stereocenters. The molecule has 0 atom stereocenters. The van der Waals surface area contributed by atoms with E-state index < -0.39 is 12.6 Å². The molecule has 15 heavy (non-hydrogen) atoms. The van der Waals surface area contributed by atoms with Crippen molar-refractivity contribution in [2.24, 2.45) is 0 Å². The van der Waals surface area contributed by atoms with Gasteiger partial charge < -0.3 is 5.32 Å². The monoisotopic (exact) mass is 215 g/mol. The lowest BCUT2D eigenvalue weighted by Crippen LogP contribution is -2.11. The minimum atomic E-state index is -4.20. The van der Waals surface area contributed by atoms with Crippen molar-refractivity contribution < 1.29 is 18.0 Å². The van der Waals surface area contributed by atoms with Gasteiger partial charge in [-0.2, -0.15) is 13.2 Å². The van der Waals surface area contributed by atoms with Crippen LogP contribution in [0.15, 0.2) is 18.2 Å². The number of rotatable bonds is 1. The summed E-state index contributed by atoms with van der Waals surface area (Å²) in [5.74, 6) is -0.172. The fourth-order valence-corrected chi connectivity index (χ4v) is 1.62. The van der Waals surface area contributed by atoms with Crippen LogP contribution in [0.2, 0.25) is 0 Å². The zero-order chi connectivity index (χ0) is 11.1. The number of nitrogens with one attached hydrogen (secondary N) is 1. The third kappa shape index (κ3) is 2.29. The van der Waals surface area contributed by atoms with Crippen LogP contribution in [0.25, 0.3) is 0 Å². The topological polar surface area (TPSA) is 29.1 Å². The molecule has 5 heteroatoms. The highest BCUT2D eigenvalue weighted by molar-refractivity contribution is 5.99. The van der Waals surface area contributed by atoms with E-state index in [9.17, 15) is 18.0 Å². The molecule has 0 radical (unpaired) electrons. The summed E-state index contributed by atoms with van der Waals surface area (Å²) < 4.78 is 36.3. The minimum Gasteiger partial charge on any atom is -0.326 e. The number of benzene rings is 1. The largest absolute Gasteiger partial charge is 0.393 e. The fourth-order valence-electron chi connectivity index (χ4n) is 1.62. The molecule has 1 aliphatic rings. The summed E-state index contributed by atoms with van der Waals surface area (Å²) in [7, 11) is 0. The van der Waals surface area contributed by atoms with Gasteiger partial charge in [-0.3, -0.25) is 4.79 Å². The van der Waals surface area contributed by atoms with Crippen LogP contribution in [0.3, 0.4) is 0 Å². The molecule has 0 saturated carbocycles. The standard InChI is InChI=1S/C10H8F3NO/c11-10(12,13)5-6-1-2-8-7(3-6)4-9(15)14-8/h1-3H,4-5H2,(H,14,15). The number of hydrogen-bond acceptors (Lipinski definition) is 1. The first-order valence-corrected chi connectivity index (χ1v) is 4.42. The molecular weight excluding hydrogens is 207 g/mol. The van der Waals surface area contributed by atoms with E-state index in [4.69, 9.17) is 0 Å². The molecule has 80 valence electrons. The normalized spacial score (nSPS) is 15.0. The number of fused-ring (bicyclic) bond motifs is 1. The Labute approximate surface area is 84.1 Å². The van der Waals surface area contributed by atoms with E-state index in [0.29, 0.717) is 11.3 Å². The van der Waals surface area contributed by atoms with Gasteiger partial charge in [-0.05, 0) is 17.2 Å². The van der Waals surface area contributed by atoms with E-state index in [0.717, 1.165) is 0 Å². The molecule has 1 heterocycles. The van der Waals surface area contributed by atoms with Crippen LogP contribution in [-0.4, -0.2) is 12.1 Å². The molecule has 0 bridgehead atoms. The Balaban J connectivity index is 2.24. The maximum atomic E-state index is 12.1. The van der Waals surface area contributed by atoms with Gasteiger partial charge in [0.15, 0.2) is 0 Å². The van der Waals surface area contributed by atoms with Crippen molar-refractivity contribution in [3.05, 3.63) is 29.3 Å². The summed E-state index contributed by atoms with van der Waals surface area (Å²) in [4.78, 5) is 11.0. The van der Waals surface area contributed by atoms with Gasteiger partial charge in [0, 0.05) is 5.69 Å². The van der Waals surface area contributed by atoms with Crippen molar-refractivity contribution in [2.45, 2.75) is 19.0 Å². The first-order valence-electron chi connectivity index (χ1n) is 4.42. The molecule has 1 aliphatic heterocycles. The lowest BCUT2D eigenvalue weighted by Gasteiger charge is -2.07. The van der Waals surface area contributed by atoms with Crippen LogP contribution >= 0.6 is 0 Å². The van der Waals surface area contributed by atoms with Gasteiger partial charge in [0.1, 0.15) is 0 Å². The number of hydrogen-bond donors (Lipinski definition) is 1. The number of carbonyl (C=O) groups is 1. The number of alkyl halides is 3. The summed E-state index contributed by atoms with van der Waals surface area (Å²) in [6.07, 6.45) is -4.99. The van der Waals surface area contributed by atoms with Gasteiger partial charge in [0.25, 0.3) is 0 Å². The van der Waals surface area contributed by atoms with Crippen molar-refractivity contribution >= 4 is 11.6 Å². The van der Waals surface area contributed by atoms with Gasteiger partial charge >= 0.3 is 6.18 Å². The Morgan fingerprint density at radius 1 is 1.33 bits per heavy atom. The van der Waals surface area contributed by atoms with Crippen LogP contribution in [0.5, 0.6) is 0 Å². The zero-order valence-electron chi connectivity index (χ0n) is 7.69. The Bertz CT molecular complexity index is 412. The molecule has 1 N–H and O–H groups in total. The smallest absolute Gasteiger partial charge is 0.326 e. The van der Waals surface area contributed by atoms with Crippen LogP contribution in [0.4, 0.5) is 18.9 Å².